The van der Waals surface area contributed by atoms with E-state index in [1.54, 1.807) is 16.7 Å². The fourth-order valence-electron chi connectivity index (χ4n) is 1.73. The first-order valence-electron chi connectivity index (χ1n) is 5.50. The molecule has 2 rings (SSSR count). The van der Waals surface area contributed by atoms with Gasteiger partial charge in [-0.25, -0.2) is 0 Å². The first kappa shape index (κ1) is 10.7. The molecule has 3 nitrogen and oxygen atoms in total. The number of β-lactam (4-membered cyclic amide) rings is 1. The van der Waals surface area contributed by atoms with Gasteiger partial charge >= 0.3 is 0 Å². The lowest BCUT2D eigenvalue weighted by Gasteiger charge is -2.40. The largest absolute Gasteiger partial charge is 0.296 e. The van der Waals surface area contributed by atoms with E-state index in [9.17, 15) is 4.79 Å². The van der Waals surface area contributed by atoms with Crippen molar-refractivity contribution >= 4 is 23.4 Å². The number of amides is 1. The lowest BCUT2D eigenvalue weighted by atomic mass is 10.1. The van der Waals surface area contributed by atoms with E-state index in [2.05, 4.69) is 11.9 Å². The van der Waals surface area contributed by atoms with Crippen molar-refractivity contribution in [2.75, 3.05) is 12.3 Å². The molecule has 1 fully saturated rings. The Balaban J connectivity index is 1.88. The normalized spacial score (nSPS) is 26.7. The van der Waals surface area contributed by atoms with E-state index >= 15 is 0 Å². The molecule has 0 spiro atoms. The van der Waals surface area contributed by atoms with Crippen molar-refractivity contribution in [3.05, 3.63) is 12.3 Å². The third kappa shape index (κ3) is 2.09. The third-order valence-electron chi connectivity index (χ3n) is 2.60. The van der Waals surface area contributed by atoms with Crippen molar-refractivity contribution in [2.45, 2.75) is 31.6 Å². The van der Waals surface area contributed by atoms with Gasteiger partial charge in [0, 0.05) is 18.5 Å². The number of carbonyl (C=O) groups is 1. The van der Waals surface area contributed by atoms with Gasteiger partial charge in [-0.15, -0.1) is 11.8 Å². The minimum absolute atomic E-state index is 0.0972. The van der Waals surface area contributed by atoms with Crippen molar-refractivity contribution in [1.29, 1.82) is 0 Å². The highest BCUT2D eigenvalue weighted by Gasteiger charge is 2.43. The number of hydrogen-bond donors (Lipinski definition) is 0. The van der Waals surface area contributed by atoms with Gasteiger partial charge in [0.05, 0.1) is 0 Å². The molecule has 0 aromatic heterocycles. The molecule has 82 valence electrons. The van der Waals surface area contributed by atoms with E-state index < -0.39 is 0 Å². The van der Waals surface area contributed by atoms with Gasteiger partial charge in [-0.05, 0) is 6.42 Å². The second-order valence-corrected chi connectivity index (χ2v) is 4.87. The summed E-state index contributed by atoms with van der Waals surface area (Å²) in [5.41, 5.74) is 0.778. The van der Waals surface area contributed by atoms with Crippen LogP contribution in [0.25, 0.3) is 0 Å². The van der Waals surface area contributed by atoms with Gasteiger partial charge in [0.15, 0.2) is 0 Å². The second kappa shape index (κ2) is 4.84. The summed E-state index contributed by atoms with van der Waals surface area (Å²) >= 11 is 1.78. The van der Waals surface area contributed by atoms with Gasteiger partial charge < -0.3 is 0 Å². The molecule has 0 N–H and O–H groups in total. The molecule has 2 aliphatic rings. The predicted molar refractivity (Wildman–Crippen MR) is 64.1 cm³/mol. The van der Waals surface area contributed by atoms with Crippen LogP contribution >= 0.6 is 11.8 Å². The molecule has 0 bridgehead atoms. The van der Waals surface area contributed by atoms with Crippen LogP contribution in [0.15, 0.2) is 17.3 Å². The maximum Gasteiger partial charge on any atom is 0.276 e. The van der Waals surface area contributed by atoms with Gasteiger partial charge in [0.1, 0.15) is 11.1 Å². The number of fused-ring (bicyclic) bond motifs is 1. The number of aliphatic imine (C=N–C) groups is 1. The van der Waals surface area contributed by atoms with Crippen LogP contribution < -0.4 is 0 Å². The molecule has 0 unspecified atom stereocenters. The summed E-state index contributed by atoms with van der Waals surface area (Å²) in [6.45, 7) is 2.98. The highest BCUT2D eigenvalue weighted by atomic mass is 32.2. The maximum absolute atomic E-state index is 11.6. The summed E-state index contributed by atoms with van der Waals surface area (Å²) in [6.07, 6.45) is 7.40. The summed E-state index contributed by atoms with van der Waals surface area (Å²) in [5, 5.41) is 0.212. The molecule has 2 heterocycles. The SMILES string of the molecule is CCCCC/N=C1\C(=O)N2C=CCS[C@H]12. The van der Waals surface area contributed by atoms with Crippen LogP contribution in [0.5, 0.6) is 0 Å². The summed E-state index contributed by atoms with van der Waals surface area (Å²) in [7, 11) is 0. The summed E-state index contributed by atoms with van der Waals surface area (Å²) in [4.78, 5) is 17.8. The average Bonchev–Trinajstić information content (AvgIpc) is 2.28. The zero-order chi connectivity index (χ0) is 10.7. The zero-order valence-corrected chi connectivity index (χ0v) is 9.80. The molecule has 4 heteroatoms. The summed E-state index contributed by atoms with van der Waals surface area (Å²) in [5.74, 6) is 1.09. The van der Waals surface area contributed by atoms with Crippen molar-refractivity contribution in [3.63, 3.8) is 0 Å². The topological polar surface area (TPSA) is 32.7 Å². The summed E-state index contributed by atoms with van der Waals surface area (Å²) in [6, 6.07) is 0. The molecule has 2 aliphatic heterocycles. The zero-order valence-electron chi connectivity index (χ0n) is 8.98. The van der Waals surface area contributed by atoms with E-state index in [1.807, 2.05) is 12.3 Å². The minimum Gasteiger partial charge on any atom is -0.296 e. The minimum atomic E-state index is 0.0972. The Bertz CT molecular complexity index is 312. The lowest BCUT2D eigenvalue weighted by molar-refractivity contribution is -0.125. The number of nitrogens with zero attached hydrogens (tertiary/aromatic N) is 2. The number of hydrogen-bond acceptors (Lipinski definition) is 3. The maximum atomic E-state index is 11.6. The van der Waals surface area contributed by atoms with Gasteiger partial charge in [-0.1, -0.05) is 25.8 Å². The molecule has 1 amide bonds. The Morgan fingerprint density at radius 3 is 3.27 bits per heavy atom. The molecule has 1 atom stereocenters. The molecule has 0 aromatic carbocycles. The van der Waals surface area contributed by atoms with Crippen LogP contribution in [-0.4, -0.2) is 34.2 Å². The van der Waals surface area contributed by atoms with E-state index in [-0.39, 0.29) is 11.3 Å². The van der Waals surface area contributed by atoms with Crippen molar-refractivity contribution in [3.8, 4) is 0 Å². The molecule has 0 aliphatic carbocycles. The van der Waals surface area contributed by atoms with Crippen LogP contribution in [0.4, 0.5) is 0 Å². The lowest BCUT2D eigenvalue weighted by Crippen LogP contribution is -2.58. The van der Waals surface area contributed by atoms with Gasteiger partial charge in [0.25, 0.3) is 5.91 Å². The predicted octanol–water partition coefficient (Wildman–Crippen LogP) is 2.05. The standard InChI is InChI=1S/C11H16N2OS/c1-2-3-4-6-12-9-10(14)13-7-5-8-15-11(9)13/h5,7,11H,2-4,6,8H2,1H3/b12-9+/t11-/m1/s1. The number of rotatable bonds is 4. The van der Waals surface area contributed by atoms with E-state index in [0.29, 0.717) is 0 Å². The fourth-order valence-corrected chi connectivity index (χ4v) is 2.76. The number of thioether (sulfide) groups is 1. The molecule has 1 saturated heterocycles. The number of unbranched alkanes of at least 4 members (excludes halogenated alkanes) is 2. The van der Waals surface area contributed by atoms with Crippen LogP contribution in [0.1, 0.15) is 26.2 Å². The van der Waals surface area contributed by atoms with Crippen LogP contribution in [0.2, 0.25) is 0 Å². The van der Waals surface area contributed by atoms with Crippen molar-refractivity contribution < 1.29 is 4.79 Å². The smallest absolute Gasteiger partial charge is 0.276 e. The average molecular weight is 224 g/mol. The monoisotopic (exact) mass is 224 g/mol. The van der Waals surface area contributed by atoms with E-state index in [4.69, 9.17) is 0 Å². The fraction of sp³-hybridized carbons (Fsp3) is 0.636. The number of carbonyl (C=O) groups excluding carboxylic acids is 1. The highest BCUT2D eigenvalue weighted by molar-refractivity contribution is 8.01. The van der Waals surface area contributed by atoms with Gasteiger partial charge in [-0.2, -0.15) is 0 Å². The molecule has 0 aromatic rings. The Morgan fingerprint density at radius 1 is 1.60 bits per heavy atom. The third-order valence-corrected chi connectivity index (χ3v) is 3.75. The summed E-state index contributed by atoms with van der Waals surface area (Å²) < 4.78 is 0. The van der Waals surface area contributed by atoms with Gasteiger partial charge in [-0.3, -0.25) is 14.7 Å². The molecule has 0 radical (unpaired) electrons. The molecule has 0 saturated carbocycles. The van der Waals surface area contributed by atoms with E-state index in [0.717, 1.165) is 24.4 Å². The van der Waals surface area contributed by atoms with Crippen LogP contribution in [0, 0.1) is 0 Å². The van der Waals surface area contributed by atoms with Gasteiger partial charge in [0.2, 0.25) is 0 Å². The Kier molecular flexibility index (Phi) is 3.46. The van der Waals surface area contributed by atoms with Crippen LogP contribution in [-0.2, 0) is 4.79 Å². The Labute approximate surface area is 94.6 Å². The molecular weight excluding hydrogens is 208 g/mol. The molecule has 15 heavy (non-hydrogen) atoms. The first-order valence-corrected chi connectivity index (χ1v) is 6.54. The van der Waals surface area contributed by atoms with Crippen molar-refractivity contribution in [1.82, 2.24) is 4.90 Å². The van der Waals surface area contributed by atoms with E-state index in [1.165, 1.54) is 12.8 Å². The molecular formula is C11H16N2OS. The Morgan fingerprint density at radius 2 is 2.47 bits per heavy atom. The highest BCUT2D eigenvalue weighted by Crippen LogP contribution is 2.31. The Hall–Kier alpha value is -0.770. The second-order valence-electron chi connectivity index (χ2n) is 3.76. The van der Waals surface area contributed by atoms with Crippen LogP contribution in [0.3, 0.4) is 0 Å². The first-order chi connectivity index (χ1) is 7.34. The quantitative estimate of drug-likeness (QED) is 0.541. The van der Waals surface area contributed by atoms with Crippen molar-refractivity contribution in [2.24, 2.45) is 4.99 Å².